The molecule has 1 heterocycles. The van der Waals surface area contributed by atoms with Crippen LogP contribution in [0.3, 0.4) is 0 Å². The molecule has 1 aliphatic rings. The lowest BCUT2D eigenvalue weighted by atomic mass is 9.98. The van der Waals surface area contributed by atoms with Gasteiger partial charge in [-0.2, -0.15) is 0 Å². The zero-order chi connectivity index (χ0) is 14.7. The topological polar surface area (TPSA) is 81.6 Å². The molecule has 0 aliphatic carbocycles. The molecule has 3 unspecified atom stereocenters. The second-order valence-electron chi connectivity index (χ2n) is 5.43. The summed E-state index contributed by atoms with van der Waals surface area (Å²) >= 11 is 0. The minimum absolute atomic E-state index is 0.0375. The average molecular weight is 277 g/mol. The molecule has 4 N–H and O–H groups in total. The number of hydrogen-bond donors (Lipinski definition) is 2. The van der Waals surface area contributed by atoms with Gasteiger partial charge in [-0.1, -0.05) is 18.2 Å². The summed E-state index contributed by atoms with van der Waals surface area (Å²) in [6.45, 7) is 3.48. The zero-order valence-electron chi connectivity index (χ0n) is 12.1. The van der Waals surface area contributed by atoms with Gasteiger partial charge in [0, 0.05) is 18.2 Å². The molecule has 5 nitrogen and oxygen atoms in total. The first kappa shape index (κ1) is 14.8. The van der Waals surface area contributed by atoms with E-state index in [9.17, 15) is 4.79 Å². The van der Waals surface area contributed by atoms with Gasteiger partial charge in [0.05, 0.1) is 19.1 Å². The van der Waals surface area contributed by atoms with E-state index in [-0.39, 0.29) is 23.9 Å². The van der Waals surface area contributed by atoms with E-state index < -0.39 is 0 Å². The SMILES string of the molecule is COc1ccccc1C(C(C)N)N1CCC(C(N)=O)C1. The lowest BCUT2D eigenvalue weighted by Gasteiger charge is -2.32. The third-order valence-corrected chi connectivity index (χ3v) is 3.97. The van der Waals surface area contributed by atoms with Crippen molar-refractivity contribution in [3.05, 3.63) is 29.8 Å². The summed E-state index contributed by atoms with van der Waals surface area (Å²) in [5, 5.41) is 0. The van der Waals surface area contributed by atoms with Crippen molar-refractivity contribution >= 4 is 5.91 Å². The maximum atomic E-state index is 11.3. The third kappa shape index (κ3) is 2.94. The van der Waals surface area contributed by atoms with Crippen molar-refractivity contribution in [3.63, 3.8) is 0 Å². The van der Waals surface area contributed by atoms with Crippen LogP contribution in [0.4, 0.5) is 0 Å². The summed E-state index contributed by atoms with van der Waals surface area (Å²) < 4.78 is 5.44. The summed E-state index contributed by atoms with van der Waals surface area (Å²) in [6, 6.07) is 7.87. The van der Waals surface area contributed by atoms with Crippen LogP contribution in [0.25, 0.3) is 0 Å². The van der Waals surface area contributed by atoms with Crippen LogP contribution in [0.5, 0.6) is 5.75 Å². The Labute approximate surface area is 119 Å². The lowest BCUT2D eigenvalue weighted by molar-refractivity contribution is -0.121. The summed E-state index contributed by atoms with van der Waals surface area (Å²) in [6.07, 6.45) is 0.799. The Morgan fingerprint density at radius 3 is 2.70 bits per heavy atom. The van der Waals surface area contributed by atoms with Crippen molar-refractivity contribution in [2.24, 2.45) is 17.4 Å². The molecule has 5 heteroatoms. The molecular formula is C15H23N3O2. The molecule has 1 amide bonds. The number of carbonyl (C=O) groups is 1. The van der Waals surface area contributed by atoms with Crippen LogP contribution in [0.1, 0.15) is 24.9 Å². The van der Waals surface area contributed by atoms with E-state index in [1.165, 1.54) is 0 Å². The van der Waals surface area contributed by atoms with Gasteiger partial charge in [0.1, 0.15) is 5.75 Å². The number of hydrogen-bond acceptors (Lipinski definition) is 4. The fourth-order valence-corrected chi connectivity index (χ4v) is 3.00. The van der Waals surface area contributed by atoms with Crippen molar-refractivity contribution in [3.8, 4) is 5.75 Å². The molecule has 1 aromatic rings. The highest BCUT2D eigenvalue weighted by Crippen LogP contribution is 2.34. The Kier molecular flexibility index (Phi) is 4.62. The number of amides is 1. The number of nitrogens with two attached hydrogens (primary N) is 2. The second-order valence-corrected chi connectivity index (χ2v) is 5.43. The highest BCUT2D eigenvalue weighted by atomic mass is 16.5. The van der Waals surface area contributed by atoms with Crippen LogP contribution >= 0.6 is 0 Å². The number of primary amides is 1. The van der Waals surface area contributed by atoms with Crippen molar-refractivity contribution in [2.75, 3.05) is 20.2 Å². The molecule has 0 radical (unpaired) electrons. The van der Waals surface area contributed by atoms with Gasteiger partial charge in [-0.05, 0) is 26.0 Å². The van der Waals surface area contributed by atoms with Crippen LogP contribution in [0.2, 0.25) is 0 Å². The number of methoxy groups -OCH3 is 1. The Bertz CT molecular complexity index is 476. The molecular weight excluding hydrogens is 254 g/mol. The van der Waals surface area contributed by atoms with Gasteiger partial charge in [0.2, 0.25) is 5.91 Å². The summed E-state index contributed by atoms with van der Waals surface area (Å²) in [5.74, 6) is 0.527. The standard InChI is InChI=1S/C15H23N3O2/c1-10(16)14(12-5-3-4-6-13(12)20-2)18-8-7-11(9-18)15(17)19/h3-6,10-11,14H,7-9,16H2,1-2H3,(H2,17,19). The number of likely N-dealkylation sites (tertiary alicyclic amines) is 1. The highest BCUT2D eigenvalue weighted by molar-refractivity contribution is 5.77. The van der Waals surface area contributed by atoms with Gasteiger partial charge in [-0.15, -0.1) is 0 Å². The van der Waals surface area contributed by atoms with E-state index in [0.717, 1.165) is 24.3 Å². The monoisotopic (exact) mass is 277 g/mol. The van der Waals surface area contributed by atoms with Crippen molar-refractivity contribution in [1.82, 2.24) is 4.90 Å². The summed E-state index contributed by atoms with van der Waals surface area (Å²) in [4.78, 5) is 13.6. The average Bonchev–Trinajstić information content (AvgIpc) is 2.89. The van der Waals surface area contributed by atoms with Gasteiger partial charge in [-0.25, -0.2) is 0 Å². The number of benzene rings is 1. The number of para-hydroxylation sites is 1. The second kappa shape index (κ2) is 6.24. The normalized spacial score (nSPS) is 22.4. The fraction of sp³-hybridized carbons (Fsp3) is 0.533. The molecule has 0 bridgehead atoms. The van der Waals surface area contributed by atoms with Crippen LogP contribution in [-0.4, -0.2) is 37.0 Å². The lowest BCUT2D eigenvalue weighted by Crippen LogP contribution is -2.39. The summed E-state index contributed by atoms with van der Waals surface area (Å²) in [7, 11) is 1.66. The predicted molar refractivity (Wildman–Crippen MR) is 78.3 cm³/mol. The predicted octanol–water partition coefficient (Wildman–Crippen LogP) is 0.891. The van der Waals surface area contributed by atoms with Crippen LogP contribution < -0.4 is 16.2 Å². The minimum atomic E-state index is -0.226. The van der Waals surface area contributed by atoms with E-state index >= 15 is 0 Å². The summed E-state index contributed by atoms with van der Waals surface area (Å²) in [5.41, 5.74) is 12.7. The van der Waals surface area contributed by atoms with Crippen molar-refractivity contribution in [1.29, 1.82) is 0 Å². The Balaban J connectivity index is 2.26. The number of rotatable bonds is 5. The van der Waals surface area contributed by atoms with E-state index in [2.05, 4.69) is 4.90 Å². The van der Waals surface area contributed by atoms with Gasteiger partial charge >= 0.3 is 0 Å². The van der Waals surface area contributed by atoms with Crippen LogP contribution in [0.15, 0.2) is 24.3 Å². The molecule has 1 saturated heterocycles. The Morgan fingerprint density at radius 1 is 1.45 bits per heavy atom. The fourth-order valence-electron chi connectivity index (χ4n) is 3.00. The van der Waals surface area contributed by atoms with E-state index in [4.69, 9.17) is 16.2 Å². The minimum Gasteiger partial charge on any atom is -0.496 e. The maximum Gasteiger partial charge on any atom is 0.221 e. The number of nitrogens with zero attached hydrogens (tertiary/aromatic N) is 1. The van der Waals surface area contributed by atoms with Gasteiger partial charge in [0.25, 0.3) is 0 Å². The zero-order valence-corrected chi connectivity index (χ0v) is 12.1. The third-order valence-electron chi connectivity index (χ3n) is 3.97. The van der Waals surface area contributed by atoms with Crippen LogP contribution in [0, 0.1) is 5.92 Å². The first-order valence-electron chi connectivity index (χ1n) is 6.96. The highest BCUT2D eigenvalue weighted by Gasteiger charge is 2.34. The molecule has 3 atom stereocenters. The van der Waals surface area contributed by atoms with E-state index in [1.807, 2.05) is 31.2 Å². The largest absolute Gasteiger partial charge is 0.496 e. The van der Waals surface area contributed by atoms with Crippen molar-refractivity contribution < 1.29 is 9.53 Å². The van der Waals surface area contributed by atoms with Crippen LogP contribution in [-0.2, 0) is 4.79 Å². The molecule has 20 heavy (non-hydrogen) atoms. The molecule has 1 aliphatic heterocycles. The van der Waals surface area contributed by atoms with Crippen molar-refractivity contribution in [2.45, 2.75) is 25.4 Å². The molecule has 0 saturated carbocycles. The van der Waals surface area contributed by atoms with Gasteiger partial charge in [0.15, 0.2) is 0 Å². The maximum absolute atomic E-state index is 11.3. The van der Waals surface area contributed by atoms with Gasteiger partial charge < -0.3 is 16.2 Å². The molecule has 2 rings (SSSR count). The van der Waals surface area contributed by atoms with E-state index in [1.54, 1.807) is 7.11 Å². The molecule has 0 spiro atoms. The quantitative estimate of drug-likeness (QED) is 0.837. The molecule has 0 aromatic heterocycles. The first-order valence-corrected chi connectivity index (χ1v) is 6.96. The smallest absolute Gasteiger partial charge is 0.221 e. The Hall–Kier alpha value is -1.59. The Morgan fingerprint density at radius 2 is 2.15 bits per heavy atom. The van der Waals surface area contributed by atoms with Gasteiger partial charge in [-0.3, -0.25) is 9.69 Å². The number of ether oxygens (including phenoxy) is 1. The van der Waals surface area contributed by atoms with E-state index in [0.29, 0.717) is 6.54 Å². The molecule has 110 valence electrons. The molecule has 1 fully saturated rings. The number of carbonyl (C=O) groups excluding carboxylic acids is 1. The molecule has 1 aromatic carbocycles. The first-order chi connectivity index (χ1) is 9.54.